The average Bonchev–Trinajstić information content (AvgIpc) is 2.90. The molecule has 96 valence electrons. The molecule has 0 aromatic carbocycles. The van der Waals surface area contributed by atoms with Gasteiger partial charge in [0.25, 0.3) is 0 Å². The van der Waals surface area contributed by atoms with Crippen LogP contribution >= 0.6 is 11.3 Å². The molecule has 2 atom stereocenters. The lowest BCUT2D eigenvalue weighted by Gasteiger charge is -2.02. The molecule has 0 amide bonds. The van der Waals surface area contributed by atoms with Gasteiger partial charge in [-0.2, -0.15) is 0 Å². The molecule has 1 fully saturated rings. The minimum absolute atomic E-state index is 0.774. The first-order chi connectivity index (χ1) is 8.26. The van der Waals surface area contributed by atoms with Crippen LogP contribution < -0.4 is 5.32 Å². The van der Waals surface area contributed by atoms with Gasteiger partial charge in [0.15, 0.2) is 0 Å². The van der Waals surface area contributed by atoms with Crippen molar-refractivity contribution in [2.24, 2.45) is 5.92 Å². The van der Waals surface area contributed by atoms with Crippen LogP contribution in [0, 0.1) is 5.92 Å². The van der Waals surface area contributed by atoms with E-state index in [1.54, 1.807) is 0 Å². The first-order valence-corrected chi connectivity index (χ1v) is 7.77. The highest BCUT2D eigenvalue weighted by molar-refractivity contribution is 7.11. The van der Waals surface area contributed by atoms with Crippen molar-refractivity contribution in [2.45, 2.75) is 58.9 Å². The zero-order chi connectivity index (χ0) is 12.3. The van der Waals surface area contributed by atoms with Crippen molar-refractivity contribution in [1.29, 1.82) is 0 Å². The summed E-state index contributed by atoms with van der Waals surface area (Å²) in [4.78, 5) is 6.35. The van der Waals surface area contributed by atoms with Crippen molar-refractivity contribution in [3.63, 3.8) is 0 Å². The Balaban J connectivity index is 2.02. The van der Waals surface area contributed by atoms with Crippen LogP contribution in [-0.4, -0.2) is 11.5 Å². The predicted molar refractivity (Wildman–Crippen MR) is 74.6 cm³/mol. The maximum atomic E-state index is 4.87. The van der Waals surface area contributed by atoms with Crippen LogP contribution in [-0.2, 0) is 13.0 Å². The monoisotopic (exact) mass is 252 g/mol. The molecule has 0 spiro atoms. The third-order valence-electron chi connectivity index (χ3n) is 3.42. The van der Waals surface area contributed by atoms with Crippen molar-refractivity contribution in [3.8, 4) is 0 Å². The summed E-state index contributed by atoms with van der Waals surface area (Å²) < 4.78 is 0. The molecule has 1 aromatic heterocycles. The largest absolute Gasteiger partial charge is 0.312 e. The lowest BCUT2D eigenvalue weighted by atomic mass is 10.2. The molecule has 0 aliphatic heterocycles. The van der Waals surface area contributed by atoms with Crippen LogP contribution in [0.15, 0.2) is 0 Å². The second-order valence-electron chi connectivity index (χ2n) is 5.17. The second kappa shape index (κ2) is 5.96. The van der Waals surface area contributed by atoms with Crippen molar-refractivity contribution >= 4 is 11.3 Å². The van der Waals surface area contributed by atoms with Gasteiger partial charge < -0.3 is 5.32 Å². The van der Waals surface area contributed by atoms with Gasteiger partial charge in [-0.15, -0.1) is 11.3 Å². The van der Waals surface area contributed by atoms with Crippen molar-refractivity contribution in [2.75, 3.05) is 6.54 Å². The molecule has 1 aromatic rings. The topological polar surface area (TPSA) is 24.9 Å². The molecule has 0 radical (unpaired) electrons. The average molecular weight is 252 g/mol. The molecule has 17 heavy (non-hydrogen) atoms. The van der Waals surface area contributed by atoms with Gasteiger partial charge in [-0.25, -0.2) is 4.98 Å². The van der Waals surface area contributed by atoms with Gasteiger partial charge in [-0.1, -0.05) is 27.2 Å². The normalized spacial score (nSPS) is 23.0. The summed E-state index contributed by atoms with van der Waals surface area (Å²) in [6, 6.07) is 0. The molecule has 1 N–H and O–H groups in total. The smallest absolute Gasteiger partial charge is 0.0965 e. The Kier molecular flexibility index (Phi) is 4.57. The summed E-state index contributed by atoms with van der Waals surface area (Å²) in [7, 11) is 0. The van der Waals surface area contributed by atoms with Gasteiger partial charge >= 0.3 is 0 Å². The zero-order valence-corrected chi connectivity index (χ0v) is 12.1. The van der Waals surface area contributed by atoms with E-state index in [0.29, 0.717) is 0 Å². The van der Waals surface area contributed by atoms with E-state index in [4.69, 9.17) is 4.98 Å². The van der Waals surface area contributed by atoms with Crippen LogP contribution in [0.3, 0.4) is 0 Å². The lowest BCUT2D eigenvalue weighted by Crippen LogP contribution is -2.13. The van der Waals surface area contributed by atoms with E-state index in [1.165, 1.54) is 34.8 Å². The maximum Gasteiger partial charge on any atom is 0.0965 e. The minimum atomic E-state index is 0.774. The zero-order valence-electron chi connectivity index (χ0n) is 11.3. The standard InChI is InChI=1S/C14H24N2S/c1-4-6-12-13(9-15-7-5-2)17-14(16-12)11-8-10(11)3/h10-11,15H,4-9H2,1-3H3. The molecule has 1 aliphatic carbocycles. The number of aromatic nitrogens is 1. The minimum Gasteiger partial charge on any atom is -0.312 e. The van der Waals surface area contributed by atoms with Gasteiger partial charge in [-0.05, 0) is 31.7 Å². The van der Waals surface area contributed by atoms with E-state index in [-0.39, 0.29) is 0 Å². The fraction of sp³-hybridized carbons (Fsp3) is 0.786. The molecule has 2 rings (SSSR count). The summed E-state index contributed by atoms with van der Waals surface area (Å²) in [6.45, 7) is 8.91. The number of nitrogens with zero attached hydrogens (tertiary/aromatic N) is 1. The Bertz CT molecular complexity index is 359. The number of rotatable bonds is 7. The molecular weight excluding hydrogens is 228 g/mol. The fourth-order valence-electron chi connectivity index (χ4n) is 2.18. The third-order valence-corrected chi connectivity index (χ3v) is 4.65. The third kappa shape index (κ3) is 3.29. The summed E-state index contributed by atoms with van der Waals surface area (Å²) in [5.74, 6) is 1.64. The molecule has 1 aliphatic rings. The van der Waals surface area contributed by atoms with Gasteiger partial charge in [0, 0.05) is 17.3 Å². The highest BCUT2D eigenvalue weighted by Crippen LogP contribution is 2.48. The van der Waals surface area contributed by atoms with Crippen LogP contribution in [0.5, 0.6) is 0 Å². The van der Waals surface area contributed by atoms with Crippen molar-refractivity contribution in [1.82, 2.24) is 10.3 Å². The van der Waals surface area contributed by atoms with Crippen molar-refractivity contribution < 1.29 is 0 Å². The van der Waals surface area contributed by atoms with E-state index in [0.717, 1.165) is 31.3 Å². The summed E-state index contributed by atoms with van der Waals surface area (Å²) in [6.07, 6.45) is 4.89. The number of thiazole rings is 1. The van der Waals surface area contributed by atoms with Crippen LogP contribution in [0.1, 0.15) is 61.5 Å². The second-order valence-corrected chi connectivity index (χ2v) is 6.28. The first kappa shape index (κ1) is 13.0. The SMILES string of the molecule is CCCNCc1sc(C2CC2C)nc1CCC. The van der Waals surface area contributed by atoms with Gasteiger partial charge in [0.2, 0.25) is 0 Å². The molecule has 0 bridgehead atoms. The van der Waals surface area contributed by atoms with Crippen LogP contribution in [0.2, 0.25) is 0 Å². The Morgan fingerprint density at radius 3 is 2.71 bits per heavy atom. The summed E-state index contributed by atoms with van der Waals surface area (Å²) >= 11 is 1.95. The van der Waals surface area contributed by atoms with E-state index in [9.17, 15) is 0 Å². The van der Waals surface area contributed by atoms with E-state index in [2.05, 4.69) is 26.1 Å². The Hall–Kier alpha value is -0.410. The molecule has 1 heterocycles. The van der Waals surface area contributed by atoms with Gasteiger partial charge in [-0.3, -0.25) is 0 Å². The maximum absolute atomic E-state index is 4.87. The predicted octanol–water partition coefficient (Wildman–Crippen LogP) is 3.72. The number of nitrogens with one attached hydrogen (secondary N) is 1. The Labute approximate surface area is 109 Å². The highest BCUT2D eigenvalue weighted by atomic mass is 32.1. The van der Waals surface area contributed by atoms with E-state index in [1.807, 2.05) is 11.3 Å². The van der Waals surface area contributed by atoms with Gasteiger partial charge in [0.05, 0.1) is 10.7 Å². The number of aryl methyl sites for hydroxylation is 1. The highest BCUT2D eigenvalue weighted by Gasteiger charge is 2.37. The molecule has 3 heteroatoms. The number of hydrogen-bond acceptors (Lipinski definition) is 3. The summed E-state index contributed by atoms with van der Waals surface area (Å²) in [5.41, 5.74) is 1.36. The van der Waals surface area contributed by atoms with Crippen LogP contribution in [0.4, 0.5) is 0 Å². The number of hydrogen-bond donors (Lipinski definition) is 1. The molecule has 2 nitrogen and oxygen atoms in total. The fourth-order valence-corrected chi connectivity index (χ4v) is 3.50. The first-order valence-electron chi connectivity index (χ1n) is 6.95. The molecule has 1 saturated carbocycles. The molecule has 0 saturated heterocycles. The van der Waals surface area contributed by atoms with Gasteiger partial charge in [0.1, 0.15) is 0 Å². The van der Waals surface area contributed by atoms with E-state index >= 15 is 0 Å². The molecule has 2 unspecified atom stereocenters. The Morgan fingerprint density at radius 2 is 2.12 bits per heavy atom. The molecular formula is C14H24N2S. The van der Waals surface area contributed by atoms with Crippen molar-refractivity contribution in [3.05, 3.63) is 15.6 Å². The summed E-state index contributed by atoms with van der Waals surface area (Å²) in [5, 5.41) is 4.90. The van der Waals surface area contributed by atoms with E-state index < -0.39 is 0 Å². The lowest BCUT2D eigenvalue weighted by molar-refractivity contribution is 0.674. The Morgan fingerprint density at radius 1 is 1.35 bits per heavy atom. The van der Waals surface area contributed by atoms with Crippen LogP contribution in [0.25, 0.3) is 0 Å². The quantitative estimate of drug-likeness (QED) is 0.748.